The van der Waals surface area contributed by atoms with Gasteiger partial charge in [-0.3, -0.25) is 0 Å². The van der Waals surface area contributed by atoms with Crippen LogP contribution in [0.1, 0.15) is 38.0 Å². The van der Waals surface area contributed by atoms with E-state index in [0.29, 0.717) is 36.3 Å². The molecule has 0 aliphatic rings. The maximum absolute atomic E-state index is 10.5. The van der Waals surface area contributed by atoms with Crippen LogP contribution in [-0.4, -0.2) is 24.4 Å². The van der Waals surface area contributed by atoms with E-state index in [1.165, 1.54) is 0 Å². The highest BCUT2D eigenvalue weighted by Crippen LogP contribution is 2.36. The summed E-state index contributed by atoms with van der Waals surface area (Å²) < 4.78 is 11.3. The molecule has 0 aliphatic carbocycles. The minimum atomic E-state index is -0.522. The van der Waals surface area contributed by atoms with Gasteiger partial charge in [-0.1, -0.05) is 41.9 Å². The van der Waals surface area contributed by atoms with E-state index in [1.807, 2.05) is 63.2 Å². The van der Waals surface area contributed by atoms with Crippen molar-refractivity contribution in [2.45, 2.75) is 39.5 Å². The molecule has 0 bridgehead atoms. The Morgan fingerprint density at radius 3 is 2.40 bits per heavy atom. The Labute approximate surface area is 154 Å². The summed E-state index contributed by atoms with van der Waals surface area (Å²) in [6.07, 6.45) is -0.522. The van der Waals surface area contributed by atoms with Gasteiger partial charge in [-0.25, -0.2) is 0 Å². The van der Waals surface area contributed by atoms with E-state index in [2.05, 4.69) is 5.32 Å². The Morgan fingerprint density at radius 1 is 1.08 bits per heavy atom. The second-order valence-corrected chi connectivity index (χ2v) is 6.33. The van der Waals surface area contributed by atoms with Gasteiger partial charge in [-0.2, -0.15) is 0 Å². The van der Waals surface area contributed by atoms with Crippen LogP contribution in [0.4, 0.5) is 0 Å². The number of aliphatic hydroxyl groups excluding tert-OH is 1. The van der Waals surface area contributed by atoms with Gasteiger partial charge in [-0.05, 0) is 38.5 Å². The number of hydrogen-bond donors (Lipinski definition) is 2. The van der Waals surface area contributed by atoms with Crippen LogP contribution in [0.5, 0.6) is 11.5 Å². The predicted octanol–water partition coefficient (Wildman–Crippen LogP) is 3.32. The number of hydrogen-bond acceptors (Lipinski definition) is 3. The Hall–Kier alpha value is -1.75. The molecular formula is C20H27ClNO3+. The van der Waals surface area contributed by atoms with Crippen molar-refractivity contribution < 1.29 is 19.9 Å². The fourth-order valence-electron chi connectivity index (χ4n) is 2.69. The van der Waals surface area contributed by atoms with Gasteiger partial charge in [0, 0.05) is 5.56 Å². The van der Waals surface area contributed by atoms with Crippen LogP contribution in [0.2, 0.25) is 5.02 Å². The third-order valence-electron chi connectivity index (χ3n) is 4.02. The lowest BCUT2D eigenvalue weighted by Crippen LogP contribution is -2.88. The molecule has 0 spiro atoms. The van der Waals surface area contributed by atoms with Crippen molar-refractivity contribution in [2.75, 3.05) is 13.2 Å². The molecule has 5 heteroatoms. The molecule has 0 radical (unpaired) electrons. The van der Waals surface area contributed by atoms with Crippen molar-refractivity contribution in [2.24, 2.45) is 0 Å². The summed E-state index contributed by atoms with van der Waals surface area (Å²) in [6.45, 7) is 7.63. The highest BCUT2D eigenvalue weighted by molar-refractivity contribution is 6.32. The molecular weight excluding hydrogens is 338 g/mol. The molecule has 0 saturated carbocycles. The summed E-state index contributed by atoms with van der Waals surface area (Å²) in [7, 11) is 0. The highest BCUT2D eigenvalue weighted by atomic mass is 35.5. The summed E-state index contributed by atoms with van der Waals surface area (Å²) in [6, 6.07) is 13.6. The lowest BCUT2D eigenvalue weighted by atomic mass is 10.0. The third-order valence-corrected chi connectivity index (χ3v) is 4.30. The normalized spacial score (nSPS) is 13.3. The van der Waals surface area contributed by atoms with Crippen molar-refractivity contribution in [3.63, 3.8) is 0 Å². The number of nitrogens with two attached hydrogens (primary N) is 1. The predicted molar refractivity (Wildman–Crippen MR) is 100 cm³/mol. The number of halogens is 1. The van der Waals surface area contributed by atoms with Crippen LogP contribution in [0, 0.1) is 0 Å². The van der Waals surface area contributed by atoms with Gasteiger partial charge < -0.3 is 19.9 Å². The number of rotatable bonds is 9. The van der Waals surface area contributed by atoms with Crippen molar-refractivity contribution in [3.05, 3.63) is 58.6 Å². The maximum atomic E-state index is 10.5. The molecule has 0 unspecified atom stereocenters. The van der Waals surface area contributed by atoms with E-state index in [9.17, 15) is 5.11 Å². The molecule has 2 aromatic rings. The van der Waals surface area contributed by atoms with E-state index in [0.717, 1.165) is 11.1 Å². The van der Waals surface area contributed by atoms with Crippen LogP contribution in [0.15, 0.2) is 42.5 Å². The Bertz CT molecular complexity index is 663. The first kappa shape index (κ1) is 19.6. The highest BCUT2D eigenvalue weighted by Gasteiger charge is 2.20. The van der Waals surface area contributed by atoms with Gasteiger partial charge in [0.25, 0.3) is 0 Å². The average molecular weight is 365 g/mol. The molecule has 0 saturated heterocycles. The summed E-state index contributed by atoms with van der Waals surface area (Å²) in [5.74, 6) is 1.25. The summed E-state index contributed by atoms with van der Waals surface area (Å²) in [5, 5.41) is 13.1. The monoisotopic (exact) mass is 364 g/mol. The van der Waals surface area contributed by atoms with Gasteiger partial charge in [0.05, 0.1) is 18.2 Å². The molecule has 0 amide bonds. The third kappa shape index (κ3) is 5.36. The fourth-order valence-corrected chi connectivity index (χ4v) is 2.98. The quantitative estimate of drug-likeness (QED) is 0.717. The first-order chi connectivity index (χ1) is 12.1. The Balaban J connectivity index is 2.07. The number of aliphatic hydroxyl groups is 1. The zero-order valence-electron chi connectivity index (χ0n) is 15.0. The van der Waals surface area contributed by atoms with E-state index in [4.69, 9.17) is 21.1 Å². The Kier molecular flexibility index (Phi) is 7.56. The van der Waals surface area contributed by atoms with Gasteiger partial charge >= 0.3 is 0 Å². The lowest BCUT2D eigenvalue weighted by Gasteiger charge is -2.19. The zero-order chi connectivity index (χ0) is 18.2. The standard InChI is InChI=1S/C20H26ClNO3/c1-4-24-18-12-15(11-17(21)20(18)25-5-2)13-22-14(3)19(23)16-9-7-6-8-10-16/h6-12,14,19,22-23H,4-5,13H2,1-3H3/p+1/t14-,19+/m0/s1. The second kappa shape index (κ2) is 9.66. The molecule has 0 heterocycles. The molecule has 0 fully saturated rings. The molecule has 2 atom stereocenters. The van der Waals surface area contributed by atoms with Crippen LogP contribution in [-0.2, 0) is 6.54 Å². The van der Waals surface area contributed by atoms with Crippen LogP contribution in [0.3, 0.4) is 0 Å². The van der Waals surface area contributed by atoms with Gasteiger partial charge in [0.1, 0.15) is 18.7 Å². The van der Waals surface area contributed by atoms with Crippen molar-refractivity contribution >= 4 is 11.6 Å². The molecule has 136 valence electrons. The van der Waals surface area contributed by atoms with Crippen molar-refractivity contribution in [3.8, 4) is 11.5 Å². The van der Waals surface area contributed by atoms with Gasteiger partial charge in [0.2, 0.25) is 0 Å². The number of quaternary nitrogens is 1. The van der Waals surface area contributed by atoms with E-state index >= 15 is 0 Å². The minimum Gasteiger partial charge on any atom is -0.490 e. The fraction of sp³-hybridized carbons (Fsp3) is 0.400. The van der Waals surface area contributed by atoms with Crippen LogP contribution < -0.4 is 14.8 Å². The zero-order valence-corrected chi connectivity index (χ0v) is 15.8. The molecule has 2 rings (SSSR count). The molecule has 0 aliphatic heterocycles. The van der Waals surface area contributed by atoms with E-state index in [1.54, 1.807) is 0 Å². The van der Waals surface area contributed by atoms with E-state index in [-0.39, 0.29) is 6.04 Å². The topological polar surface area (TPSA) is 55.3 Å². The van der Waals surface area contributed by atoms with Gasteiger partial charge in [-0.15, -0.1) is 0 Å². The second-order valence-electron chi connectivity index (χ2n) is 5.93. The number of ether oxygens (including phenoxy) is 2. The molecule has 25 heavy (non-hydrogen) atoms. The van der Waals surface area contributed by atoms with E-state index < -0.39 is 6.10 Å². The van der Waals surface area contributed by atoms with Gasteiger partial charge in [0.15, 0.2) is 11.5 Å². The van der Waals surface area contributed by atoms with Crippen molar-refractivity contribution in [1.29, 1.82) is 0 Å². The lowest BCUT2D eigenvalue weighted by molar-refractivity contribution is -0.709. The smallest absolute Gasteiger partial charge is 0.179 e. The summed E-state index contributed by atoms with van der Waals surface area (Å²) in [5.41, 5.74) is 1.95. The van der Waals surface area contributed by atoms with Crippen LogP contribution in [0.25, 0.3) is 0 Å². The molecule has 2 aromatic carbocycles. The minimum absolute atomic E-state index is 0.0169. The SMILES string of the molecule is CCOc1cc(C[NH2+][C@@H](C)[C@@H](O)c2ccccc2)cc(Cl)c1OCC. The number of benzene rings is 2. The summed E-state index contributed by atoms with van der Waals surface area (Å²) >= 11 is 6.35. The molecule has 0 aromatic heterocycles. The first-order valence-electron chi connectivity index (χ1n) is 8.71. The average Bonchev–Trinajstić information content (AvgIpc) is 2.63. The molecule has 4 nitrogen and oxygen atoms in total. The first-order valence-corrected chi connectivity index (χ1v) is 9.08. The largest absolute Gasteiger partial charge is 0.490 e. The maximum Gasteiger partial charge on any atom is 0.179 e. The summed E-state index contributed by atoms with van der Waals surface area (Å²) in [4.78, 5) is 0. The Morgan fingerprint density at radius 2 is 1.76 bits per heavy atom. The molecule has 3 N–H and O–H groups in total. The van der Waals surface area contributed by atoms with Crippen molar-refractivity contribution in [1.82, 2.24) is 0 Å². The van der Waals surface area contributed by atoms with Crippen LogP contribution >= 0.6 is 11.6 Å².